The zero-order valence-electron chi connectivity index (χ0n) is 18.9. The van der Waals surface area contributed by atoms with Crippen LogP contribution in [-0.2, 0) is 6.54 Å². The first-order valence-corrected chi connectivity index (χ1v) is 11.8. The van der Waals surface area contributed by atoms with Gasteiger partial charge in [-0.05, 0) is 59.7 Å². The van der Waals surface area contributed by atoms with Crippen molar-refractivity contribution in [1.82, 2.24) is 9.97 Å². The third-order valence-corrected chi connectivity index (χ3v) is 6.54. The molecule has 0 atom stereocenters. The molecule has 2 heterocycles. The maximum Gasteiger partial charge on any atom is 0.264 e. The molecule has 0 saturated carbocycles. The molecule has 0 aliphatic heterocycles. The maximum absolute atomic E-state index is 14.0. The predicted molar refractivity (Wildman–Crippen MR) is 136 cm³/mol. The lowest BCUT2D eigenvalue weighted by atomic mass is 10.0. The molecular formula is C27H23N3O3S. The number of benzene rings is 3. The Kier molecular flexibility index (Phi) is 6.10. The number of aromatic nitrogens is 2. The van der Waals surface area contributed by atoms with Crippen LogP contribution in [0.3, 0.4) is 0 Å². The predicted octanol–water partition coefficient (Wildman–Crippen LogP) is 6.10. The molecule has 34 heavy (non-hydrogen) atoms. The fraction of sp³-hybridized carbons (Fsp3) is 0.148. The van der Waals surface area contributed by atoms with Crippen LogP contribution in [0.1, 0.15) is 22.8 Å². The van der Waals surface area contributed by atoms with E-state index in [9.17, 15) is 4.79 Å². The second-order valence-corrected chi connectivity index (χ2v) is 8.72. The highest BCUT2D eigenvalue weighted by Gasteiger charge is 2.25. The van der Waals surface area contributed by atoms with Crippen molar-refractivity contribution < 1.29 is 14.3 Å². The zero-order chi connectivity index (χ0) is 23.5. The Balaban J connectivity index is 1.61. The van der Waals surface area contributed by atoms with Gasteiger partial charge in [0.2, 0.25) is 0 Å². The molecule has 0 fully saturated rings. The fourth-order valence-corrected chi connectivity index (χ4v) is 4.86. The Morgan fingerprint density at radius 1 is 1.03 bits per heavy atom. The molecule has 0 unspecified atom stereocenters. The normalized spacial score (nSPS) is 11.0. The number of ether oxygens (including phenoxy) is 2. The largest absolute Gasteiger partial charge is 0.496 e. The second kappa shape index (κ2) is 9.49. The minimum absolute atomic E-state index is 0.185. The van der Waals surface area contributed by atoms with Crippen molar-refractivity contribution in [2.24, 2.45) is 0 Å². The van der Waals surface area contributed by atoms with Crippen molar-refractivity contribution in [2.75, 3.05) is 18.6 Å². The van der Waals surface area contributed by atoms with Crippen LogP contribution < -0.4 is 14.4 Å². The van der Waals surface area contributed by atoms with Gasteiger partial charge in [-0.2, -0.15) is 0 Å². The van der Waals surface area contributed by atoms with Gasteiger partial charge in [-0.25, -0.2) is 4.98 Å². The van der Waals surface area contributed by atoms with E-state index >= 15 is 0 Å². The Hall–Kier alpha value is -3.97. The summed E-state index contributed by atoms with van der Waals surface area (Å²) in [5.74, 6) is 1.13. The molecule has 0 bridgehead atoms. The third kappa shape index (κ3) is 4.30. The van der Waals surface area contributed by atoms with Gasteiger partial charge in [0.1, 0.15) is 11.5 Å². The number of anilines is 1. The molecule has 0 aliphatic carbocycles. The second-order valence-electron chi connectivity index (χ2n) is 7.71. The van der Waals surface area contributed by atoms with Crippen molar-refractivity contribution in [3.05, 3.63) is 90.3 Å². The number of fused-ring (bicyclic) bond motifs is 2. The summed E-state index contributed by atoms with van der Waals surface area (Å²) in [4.78, 5) is 24.7. The molecular weight excluding hydrogens is 446 g/mol. The van der Waals surface area contributed by atoms with Gasteiger partial charge in [0.25, 0.3) is 5.91 Å². The summed E-state index contributed by atoms with van der Waals surface area (Å²) < 4.78 is 12.2. The van der Waals surface area contributed by atoms with E-state index in [2.05, 4.69) is 4.98 Å². The van der Waals surface area contributed by atoms with Gasteiger partial charge in [0.15, 0.2) is 5.13 Å². The highest BCUT2D eigenvalue weighted by molar-refractivity contribution is 7.22. The quantitative estimate of drug-likeness (QED) is 0.288. The number of carbonyl (C=O) groups excluding carboxylic acids is 1. The van der Waals surface area contributed by atoms with E-state index in [4.69, 9.17) is 14.5 Å². The topological polar surface area (TPSA) is 64.5 Å². The Labute approximate surface area is 201 Å². The van der Waals surface area contributed by atoms with Crippen LogP contribution in [0.5, 0.6) is 11.5 Å². The first kappa shape index (κ1) is 21.9. The standard InChI is InChI=1S/C27H23N3O3S/c1-3-33-21-10-11-23-25(15-21)34-27(29-23)30(17-18-7-6-12-28-16-18)26(31)22-13-19-8-4-5-9-20(19)14-24(22)32-2/h4-16H,3,17H2,1-2H3. The number of pyridine rings is 1. The van der Waals surface area contributed by atoms with E-state index < -0.39 is 0 Å². The third-order valence-electron chi connectivity index (χ3n) is 5.50. The van der Waals surface area contributed by atoms with E-state index in [1.165, 1.54) is 11.3 Å². The van der Waals surface area contributed by atoms with Gasteiger partial charge in [-0.3, -0.25) is 14.7 Å². The van der Waals surface area contributed by atoms with E-state index in [0.717, 1.165) is 32.3 Å². The molecule has 0 aliphatic rings. The van der Waals surface area contributed by atoms with Gasteiger partial charge in [0, 0.05) is 12.4 Å². The number of carbonyl (C=O) groups is 1. The van der Waals surface area contributed by atoms with E-state index in [1.807, 2.05) is 73.7 Å². The molecule has 0 saturated heterocycles. The summed E-state index contributed by atoms with van der Waals surface area (Å²) in [7, 11) is 1.58. The van der Waals surface area contributed by atoms with E-state index in [-0.39, 0.29) is 5.91 Å². The average molecular weight is 470 g/mol. The average Bonchev–Trinajstić information content (AvgIpc) is 3.30. The number of nitrogens with zero attached hydrogens (tertiary/aromatic N) is 3. The van der Waals surface area contributed by atoms with E-state index in [0.29, 0.717) is 29.6 Å². The number of hydrogen-bond donors (Lipinski definition) is 0. The minimum atomic E-state index is -0.185. The summed E-state index contributed by atoms with van der Waals surface area (Å²) in [5.41, 5.74) is 2.21. The first-order valence-electron chi connectivity index (χ1n) is 11.0. The highest BCUT2D eigenvalue weighted by atomic mass is 32.1. The summed E-state index contributed by atoms with van der Waals surface area (Å²) in [6, 6.07) is 21.3. The zero-order valence-corrected chi connectivity index (χ0v) is 19.7. The summed E-state index contributed by atoms with van der Waals surface area (Å²) in [6.07, 6.45) is 3.48. The van der Waals surface area contributed by atoms with Crippen LogP contribution in [0.2, 0.25) is 0 Å². The minimum Gasteiger partial charge on any atom is -0.496 e. The Bertz CT molecular complexity index is 1470. The van der Waals surface area contributed by atoms with Crippen molar-refractivity contribution in [1.29, 1.82) is 0 Å². The molecule has 2 aromatic heterocycles. The van der Waals surface area contributed by atoms with Crippen LogP contribution in [0, 0.1) is 0 Å². The molecule has 5 rings (SSSR count). The van der Waals surface area contributed by atoms with Gasteiger partial charge in [-0.15, -0.1) is 0 Å². The molecule has 170 valence electrons. The van der Waals surface area contributed by atoms with Crippen molar-refractivity contribution >= 4 is 43.4 Å². The summed E-state index contributed by atoms with van der Waals surface area (Å²) >= 11 is 1.46. The van der Waals surface area contributed by atoms with Crippen molar-refractivity contribution in [3.8, 4) is 11.5 Å². The molecule has 0 spiro atoms. The SMILES string of the molecule is CCOc1ccc2nc(N(Cc3cccnc3)C(=O)c3cc4ccccc4cc3OC)sc2c1. The van der Waals surface area contributed by atoms with Crippen LogP contribution in [-0.4, -0.2) is 29.6 Å². The van der Waals surface area contributed by atoms with Crippen LogP contribution in [0.4, 0.5) is 5.13 Å². The van der Waals surface area contributed by atoms with Crippen molar-refractivity contribution in [2.45, 2.75) is 13.5 Å². The lowest BCUT2D eigenvalue weighted by Crippen LogP contribution is -2.30. The van der Waals surface area contributed by atoms with Gasteiger partial charge >= 0.3 is 0 Å². The monoisotopic (exact) mass is 469 g/mol. The lowest BCUT2D eigenvalue weighted by Gasteiger charge is -2.21. The first-order chi connectivity index (χ1) is 16.7. The molecule has 7 heteroatoms. The molecule has 5 aromatic rings. The lowest BCUT2D eigenvalue weighted by molar-refractivity contribution is 0.0982. The van der Waals surface area contributed by atoms with Gasteiger partial charge in [-0.1, -0.05) is 41.7 Å². The summed E-state index contributed by atoms with van der Waals surface area (Å²) in [5, 5.41) is 2.59. The number of thiazole rings is 1. The molecule has 0 N–H and O–H groups in total. The molecule has 3 aromatic carbocycles. The summed E-state index contributed by atoms with van der Waals surface area (Å²) in [6.45, 7) is 2.87. The van der Waals surface area contributed by atoms with Crippen LogP contribution in [0.15, 0.2) is 79.1 Å². The van der Waals surface area contributed by atoms with Crippen molar-refractivity contribution in [3.63, 3.8) is 0 Å². The highest BCUT2D eigenvalue weighted by Crippen LogP contribution is 2.35. The maximum atomic E-state index is 14.0. The molecule has 0 radical (unpaired) electrons. The van der Waals surface area contributed by atoms with Gasteiger partial charge < -0.3 is 9.47 Å². The number of rotatable bonds is 7. The number of hydrogen-bond acceptors (Lipinski definition) is 6. The van der Waals surface area contributed by atoms with Gasteiger partial charge in [0.05, 0.1) is 36.0 Å². The smallest absolute Gasteiger partial charge is 0.264 e. The van der Waals surface area contributed by atoms with Crippen LogP contribution in [0.25, 0.3) is 21.0 Å². The molecule has 6 nitrogen and oxygen atoms in total. The Morgan fingerprint density at radius 3 is 2.59 bits per heavy atom. The number of amides is 1. The Morgan fingerprint density at radius 2 is 1.85 bits per heavy atom. The molecule has 1 amide bonds. The number of methoxy groups -OCH3 is 1. The van der Waals surface area contributed by atoms with E-state index in [1.54, 1.807) is 24.4 Å². The van der Waals surface area contributed by atoms with Crippen LogP contribution >= 0.6 is 11.3 Å². The fourth-order valence-electron chi connectivity index (χ4n) is 3.87.